The zero-order valence-corrected chi connectivity index (χ0v) is 24.2. The van der Waals surface area contributed by atoms with Crippen LogP contribution < -0.4 is 0 Å². The van der Waals surface area contributed by atoms with Crippen LogP contribution in [0.25, 0.3) is 0 Å². The third-order valence-corrected chi connectivity index (χ3v) is 6.92. The van der Waals surface area contributed by atoms with E-state index in [1.54, 1.807) is 0 Å². The molecule has 0 bridgehead atoms. The molecule has 0 aromatic carbocycles. The van der Waals surface area contributed by atoms with E-state index in [4.69, 9.17) is 19.3 Å². The van der Waals surface area contributed by atoms with E-state index >= 15 is 0 Å². The summed E-state index contributed by atoms with van der Waals surface area (Å²) in [4.78, 5) is 11.1. The molecule has 0 saturated carbocycles. The lowest BCUT2D eigenvalue weighted by Gasteiger charge is -2.40. The minimum absolute atomic E-state index is 0.0304. The quantitative estimate of drug-likeness (QED) is 0.0364. The number of ether oxygens (including phenoxy) is 4. The number of rotatable bonds is 22. The van der Waals surface area contributed by atoms with Gasteiger partial charge in [0.2, 0.25) is 6.29 Å². The lowest BCUT2D eigenvalue weighted by molar-refractivity contribution is -0.309. The molecular formula is C29H52O11. The molecule has 0 aliphatic carbocycles. The second-order valence-corrected chi connectivity index (χ2v) is 10.3. The molecule has 1 saturated heterocycles. The van der Waals surface area contributed by atoms with Crippen LogP contribution in [-0.2, 0) is 23.7 Å². The molecule has 40 heavy (non-hydrogen) atoms. The summed E-state index contributed by atoms with van der Waals surface area (Å²) in [5, 5.41) is 57.8. The van der Waals surface area contributed by atoms with Gasteiger partial charge in [-0.2, -0.15) is 0 Å². The van der Waals surface area contributed by atoms with E-state index in [2.05, 4.69) is 16.9 Å². The van der Waals surface area contributed by atoms with E-state index in [1.165, 1.54) is 20.0 Å². The molecule has 1 aliphatic heterocycles. The van der Waals surface area contributed by atoms with E-state index in [0.29, 0.717) is 6.42 Å². The van der Waals surface area contributed by atoms with Crippen LogP contribution in [0.4, 0.5) is 0 Å². The summed E-state index contributed by atoms with van der Waals surface area (Å²) in [5.74, 6) is -1.90. The Labute approximate surface area is 238 Å². The summed E-state index contributed by atoms with van der Waals surface area (Å²) in [5.41, 5.74) is 0. The first-order chi connectivity index (χ1) is 19.2. The largest absolute Gasteiger partial charge is 0.506 e. The fourth-order valence-electron chi connectivity index (χ4n) is 4.45. The second kappa shape index (κ2) is 21.9. The Balaban J connectivity index is 2.24. The number of aliphatic hydroxyl groups is 6. The topological polar surface area (TPSA) is 175 Å². The van der Waals surface area contributed by atoms with Crippen molar-refractivity contribution in [2.45, 2.75) is 134 Å². The van der Waals surface area contributed by atoms with Gasteiger partial charge in [-0.15, -0.1) is 0 Å². The third-order valence-electron chi connectivity index (χ3n) is 6.92. The number of esters is 1. The van der Waals surface area contributed by atoms with Crippen molar-refractivity contribution in [3.8, 4) is 0 Å². The van der Waals surface area contributed by atoms with Crippen molar-refractivity contribution in [1.82, 2.24) is 0 Å². The Bertz CT molecular complexity index is 727. The van der Waals surface area contributed by atoms with Crippen molar-refractivity contribution in [2.24, 2.45) is 0 Å². The maximum absolute atomic E-state index is 11.1. The fraction of sp³-hybridized carbons (Fsp3) is 0.828. The predicted molar refractivity (Wildman–Crippen MR) is 148 cm³/mol. The highest BCUT2D eigenvalue weighted by Gasteiger charge is 2.40. The maximum atomic E-state index is 11.1. The van der Waals surface area contributed by atoms with Crippen LogP contribution in [0.3, 0.4) is 0 Å². The van der Waals surface area contributed by atoms with Crippen molar-refractivity contribution in [1.29, 1.82) is 0 Å². The van der Waals surface area contributed by atoms with Gasteiger partial charge in [0.15, 0.2) is 17.8 Å². The summed E-state index contributed by atoms with van der Waals surface area (Å²) < 4.78 is 21.6. The highest BCUT2D eigenvalue weighted by atomic mass is 16.7. The first kappa shape index (κ1) is 36.3. The number of carbonyl (C=O) groups is 1. The molecule has 1 aliphatic rings. The Morgan fingerprint density at radius 1 is 0.950 bits per heavy atom. The molecule has 0 amide bonds. The van der Waals surface area contributed by atoms with Crippen LogP contribution in [0.2, 0.25) is 0 Å². The Hall–Kier alpha value is -1.73. The van der Waals surface area contributed by atoms with Crippen molar-refractivity contribution in [3.63, 3.8) is 0 Å². The number of carbonyl (C=O) groups excluding carboxylic acids is 1. The zero-order valence-electron chi connectivity index (χ0n) is 24.2. The van der Waals surface area contributed by atoms with E-state index in [-0.39, 0.29) is 18.5 Å². The van der Waals surface area contributed by atoms with E-state index in [0.717, 1.165) is 64.2 Å². The standard InChI is InChI=1S/C29H52O11/c1-21(16-14-12-10-8-6-4-3-5-7-9-11-13-15-17-26(34)37-2)38-29-24(18-22(32)25(20-31)40-29)39-28(36)27(35)23(33)19-30/h3-4,21-22,24-25,28-33,35-36H,5-20H2,1-2H3/b4-3+,27-23-/t21?,22-,24-,25?,28?,29?/m0/s1. The van der Waals surface area contributed by atoms with E-state index < -0.39 is 55.6 Å². The Kier molecular flexibility index (Phi) is 19.9. The molecule has 0 radical (unpaired) electrons. The maximum Gasteiger partial charge on any atom is 0.305 e. The zero-order chi connectivity index (χ0) is 29.8. The van der Waals surface area contributed by atoms with Gasteiger partial charge in [0.25, 0.3) is 0 Å². The first-order valence-corrected chi connectivity index (χ1v) is 14.6. The molecule has 11 heteroatoms. The van der Waals surface area contributed by atoms with E-state index in [1.807, 2.05) is 6.92 Å². The molecule has 1 heterocycles. The normalized spacial score (nSPS) is 23.6. The van der Waals surface area contributed by atoms with Crippen LogP contribution in [0.1, 0.15) is 96.8 Å². The van der Waals surface area contributed by atoms with Gasteiger partial charge in [0, 0.05) is 12.8 Å². The number of hydrogen-bond acceptors (Lipinski definition) is 11. The van der Waals surface area contributed by atoms with Gasteiger partial charge < -0.3 is 49.6 Å². The van der Waals surface area contributed by atoms with E-state index in [9.17, 15) is 30.3 Å². The second-order valence-electron chi connectivity index (χ2n) is 10.3. The van der Waals surface area contributed by atoms with Gasteiger partial charge in [-0.1, -0.05) is 50.7 Å². The molecule has 1 fully saturated rings. The monoisotopic (exact) mass is 576 g/mol. The summed E-state index contributed by atoms with van der Waals surface area (Å²) in [6.45, 7) is 0.582. The number of hydrogen-bond donors (Lipinski definition) is 6. The summed E-state index contributed by atoms with van der Waals surface area (Å²) in [6.07, 6.45) is 11.4. The lowest BCUT2D eigenvalue weighted by atomic mass is 10.0. The number of methoxy groups -OCH3 is 1. The summed E-state index contributed by atoms with van der Waals surface area (Å²) >= 11 is 0. The molecule has 1 rings (SSSR count). The van der Waals surface area contributed by atoms with Crippen LogP contribution in [0, 0.1) is 0 Å². The smallest absolute Gasteiger partial charge is 0.305 e. The molecule has 0 aromatic rings. The van der Waals surface area contributed by atoms with Gasteiger partial charge in [-0.25, -0.2) is 0 Å². The third kappa shape index (κ3) is 15.3. The van der Waals surface area contributed by atoms with Crippen molar-refractivity contribution >= 4 is 5.97 Å². The van der Waals surface area contributed by atoms with Gasteiger partial charge >= 0.3 is 5.97 Å². The van der Waals surface area contributed by atoms with Gasteiger partial charge in [0.1, 0.15) is 18.8 Å². The SMILES string of the molecule is COC(=O)CCCCCCC/C=C/CCCCCCC(C)OC1OC(CO)[C@@H](O)C[C@@H]1OC(O)/C(O)=C(/O)CO. The number of unbranched alkanes of at least 4 members (excludes halogenated alkanes) is 9. The van der Waals surface area contributed by atoms with Crippen LogP contribution in [0.5, 0.6) is 0 Å². The molecule has 234 valence electrons. The molecule has 6 atom stereocenters. The minimum atomic E-state index is -1.95. The highest BCUT2D eigenvalue weighted by molar-refractivity contribution is 5.68. The molecule has 0 aromatic heterocycles. The van der Waals surface area contributed by atoms with Gasteiger partial charge in [-0.05, 0) is 45.4 Å². The molecule has 0 spiro atoms. The van der Waals surface area contributed by atoms with Crippen LogP contribution in [0.15, 0.2) is 23.7 Å². The number of allylic oxidation sites excluding steroid dienone is 2. The first-order valence-electron chi connectivity index (χ1n) is 14.6. The molecular weight excluding hydrogens is 524 g/mol. The molecule has 11 nitrogen and oxygen atoms in total. The Morgan fingerprint density at radius 2 is 1.55 bits per heavy atom. The summed E-state index contributed by atoms with van der Waals surface area (Å²) in [6, 6.07) is 0. The number of aliphatic hydroxyl groups excluding tert-OH is 6. The van der Waals surface area contributed by atoms with Crippen molar-refractivity contribution in [3.05, 3.63) is 23.7 Å². The average Bonchev–Trinajstić information content (AvgIpc) is 2.95. The van der Waals surface area contributed by atoms with Crippen molar-refractivity contribution in [2.75, 3.05) is 20.3 Å². The van der Waals surface area contributed by atoms with Gasteiger partial charge in [0.05, 0.1) is 25.9 Å². The highest BCUT2D eigenvalue weighted by Crippen LogP contribution is 2.27. The minimum Gasteiger partial charge on any atom is -0.506 e. The van der Waals surface area contributed by atoms with Gasteiger partial charge in [-0.3, -0.25) is 4.79 Å². The van der Waals surface area contributed by atoms with Crippen LogP contribution in [-0.4, -0.2) is 93.9 Å². The molecule has 4 unspecified atom stereocenters. The predicted octanol–water partition coefficient (Wildman–Crippen LogP) is 3.68. The van der Waals surface area contributed by atoms with Crippen molar-refractivity contribution < 1.29 is 54.4 Å². The molecule has 6 N–H and O–H groups in total. The Morgan fingerprint density at radius 3 is 2.15 bits per heavy atom. The average molecular weight is 577 g/mol. The van der Waals surface area contributed by atoms with Crippen LogP contribution >= 0.6 is 0 Å². The summed E-state index contributed by atoms with van der Waals surface area (Å²) in [7, 11) is 1.42. The lowest BCUT2D eigenvalue weighted by Crippen LogP contribution is -2.52. The fourth-order valence-corrected chi connectivity index (χ4v) is 4.45.